The van der Waals surface area contributed by atoms with Crippen molar-refractivity contribution in [3.8, 4) is 5.75 Å². The predicted molar refractivity (Wildman–Crippen MR) is 51.1 cm³/mol. The monoisotopic (exact) mass is 176 g/mol. The summed E-state index contributed by atoms with van der Waals surface area (Å²) in [5, 5.41) is 4.23. The molecule has 0 atom stereocenters. The van der Waals surface area contributed by atoms with Crippen molar-refractivity contribution in [2.24, 2.45) is 0 Å². The molecule has 0 saturated heterocycles. The SMILES string of the molecule is CCc1cnn2ccc(OC)cc12. The van der Waals surface area contributed by atoms with Gasteiger partial charge in [-0.05, 0) is 18.1 Å². The zero-order valence-corrected chi connectivity index (χ0v) is 7.82. The van der Waals surface area contributed by atoms with Crippen molar-refractivity contribution in [3.63, 3.8) is 0 Å². The van der Waals surface area contributed by atoms with Gasteiger partial charge in [-0.25, -0.2) is 4.52 Å². The fraction of sp³-hybridized carbons (Fsp3) is 0.300. The van der Waals surface area contributed by atoms with Crippen LogP contribution >= 0.6 is 0 Å². The molecular weight excluding hydrogens is 164 g/mol. The fourth-order valence-electron chi connectivity index (χ4n) is 1.41. The Morgan fingerprint density at radius 2 is 2.38 bits per heavy atom. The van der Waals surface area contributed by atoms with Crippen LogP contribution in [0.2, 0.25) is 0 Å². The lowest BCUT2D eigenvalue weighted by Gasteiger charge is -2.00. The molecule has 0 aliphatic carbocycles. The zero-order valence-electron chi connectivity index (χ0n) is 7.82. The van der Waals surface area contributed by atoms with Gasteiger partial charge in [0.25, 0.3) is 0 Å². The van der Waals surface area contributed by atoms with Crippen LogP contribution in [0.15, 0.2) is 24.5 Å². The van der Waals surface area contributed by atoms with Gasteiger partial charge < -0.3 is 4.74 Å². The van der Waals surface area contributed by atoms with Crippen molar-refractivity contribution >= 4 is 5.52 Å². The number of pyridine rings is 1. The topological polar surface area (TPSA) is 26.5 Å². The molecule has 0 spiro atoms. The molecule has 13 heavy (non-hydrogen) atoms. The Morgan fingerprint density at radius 3 is 3.08 bits per heavy atom. The molecule has 0 bridgehead atoms. The molecule has 3 nitrogen and oxygen atoms in total. The van der Waals surface area contributed by atoms with Gasteiger partial charge in [0.1, 0.15) is 5.75 Å². The molecule has 0 unspecified atom stereocenters. The van der Waals surface area contributed by atoms with E-state index in [0.29, 0.717) is 0 Å². The van der Waals surface area contributed by atoms with Crippen LogP contribution in [0.1, 0.15) is 12.5 Å². The van der Waals surface area contributed by atoms with Gasteiger partial charge in [-0.2, -0.15) is 5.10 Å². The lowest BCUT2D eigenvalue weighted by molar-refractivity contribution is 0.414. The molecule has 0 radical (unpaired) electrons. The molecule has 68 valence electrons. The van der Waals surface area contributed by atoms with Crippen LogP contribution in [0.3, 0.4) is 0 Å². The van der Waals surface area contributed by atoms with Crippen LogP contribution in [-0.2, 0) is 6.42 Å². The average Bonchev–Trinajstić information content (AvgIpc) is 2.59. The third kappa shape index (κ3) is 1.26. The van der Waals surface area contributed by atoms with E-state index >= 15 is 0 Å². The Morgan fingerprint density at radius 1 is 1.54 bits per heavy atom. The number of hydrogen-bond acceptors (Lipinski definition) is 2. The molecule has 0 aromatic carbocycles. The Labute approximate surface area is 76.9 Å². The van der Waals surface area contributed by atoms with Crippen molar-refractivity contribution in [2.45, 2.75) is 13.3 Å². The molecule has 3 heteroatoms. The molecule has 0 aliphatic heterocycles. The summed E-state index contributed by atoms with van der Waals surface area (Å²) in [6.07, 6.45) is 4.80. The van der Waals surface area contributed by atoms with Gasteiger partial charge in [0.2, 0.25) is 0 Å². The van der Waals surface area contributed by atoms with Crippen LogP contribution in [-0.4, -0.2) is 16.7 Å². The summed E-state index contributed by atoms with van der Waals surface area (Å²) in [5.41, 5.74) is 2.38. The first kappa shape index (κ1) is 8.10. The summed E-state index contributed by atoms with van der Waals surface area (Å²) in [5.74, 6) is 0.878. The van der Waals surface area contributed by atoms with Gasteiger partial charge in [-0.1, -0.05) is 6.92 Å². The molecule has 2 aromatic rings. The number of methoxy groups -OCH3 is 1. The second-order valence-corrected chi connectivity index (χ2v) is 2.92. The van der Waals surface area contributed by atoms with Crippen LogP contribution in [0.5, 0.6) is 5.75 Å². The van der Waals surface area contributed by atoms with Crippen LogP contribution < -0.4 is 4.74 Å². The second-order valence-electron chi connectivity index (χ2n) is 2.92. The first-order valence-electron chi connectivity index (χ1n) is 4.35. The van der Waals surface area contributed by atoms with Crippen molar-refractivity contribution in [1.82, 2.24) is 9.61 Å². The van der Waals surface area contributed by atoms with Crippen molar-refractivity contribution in [1.29, 1.82) is 0 Å². The summed E-state index contributed by atoms with van der Waals surface area (Å²) in [4.78, 5) is 0. The Hall–Kier alpha value is -1.51. The van der Waals surface area contributed by atoms with Crippen LogP contribution in [0.4, 0.5) is 0 Å². The van der Waals surface area contributed by atoms with E-state index in [2.05, 4.69) is 12.0 Å². The lowest BCUT2D eigenvalue weighted by Crippen LogP contribution is -1.89. The first-order valence-corrected chi connectivity index (χ1v) is 4.35. The maximum absolute atomic E-state index is 5.15. The molecule has 0 amide bonds. The van der Waals surface area contributed by atoms with Crippen LogP contribution in [0, 0.1) is 0 Å². The smallest absolute Gasteiger partial charge is 0.122 e. The van der Waals surface area contributed by atoms with Gasteiger partial charge in [0, 0.05) is 12.3 Å². The minimum atomic E-state index is 0.878. The van der Waals surface area contributed by atoms with E-state index in [9.17, 15) is 0 Å². The number of nitrogens with zero attached hydrogens (tertiary/aromatic N) is 2. The summed E-state index contributed by atoms with van der Waals surface area (Å²) in [6.45, 7) is 2.12. The Bertz CT molecular complexity index is 420. The molecule has 0 N–H and O–H groups in total. The van der Waals surface area contributed by atoms with Crippen molar-refractivity contribution < 1.29 is 4.74 Å². The normalized spacial score (nSPS) is 10.6. The van der Waals surface area contributed by atoms with E-state index < -0.39 is 0 Å². The number of fused-ring (bicyclic) bond motifs is 1. The molecule has 0 fully saturated rings. The van der Waals surface area contributed by atoms with Gasteiger partial charge in [0.15, 0.2) is 0 Å². The Kier molecular flexibility index (Phi) is 1.93. The maximum atomic E-state index is 5.15. The van der Waals surface area contributed by atoms with Gasteiger partial charge >= 0.3 is 0 Å². The molecular formula is C10H12N2O. The number of aromatic nitrogens is 2. The summed E-state index contributed by atoms with van der Waals surface area (Å²) in [6, 6.07) is 3.91. The predicted octanol–water partition coefficient (Wildman–Crippen LogP) is 1.91. The highest BCUT2D eigenvalue weighted by molar-refractivity contribution is 5.56. The standard InChI is InChI=1S/C10H12N2O/c1-3-8-7-11-12-5-4-9(13-2)6-10(8)12/h4-7H,3H2,1-2H3. The minimum absolute atomic E-state index is 0.878. The zero-order chi connectivity index (χ0) is 9.26. The van der Waals surface area contributed by atoms with Gasteiger partial charge in [-0.3, -0.25) is 0 Å². The average molecular weight is 176 g/mol. The van der Waals surface area contributed by atoms with E-state index in [-0.39, 0.29) is 0 Å². The van der Waals surface area contributed by atoms with Gasteiger partial charge in [-0.15, -0.1) is 0 Å². The summed E-state index contributed by atoms with van der Waals surface area (Å²) in [7, 11) is 1.67. The quantitative estimate of drug-likeness (QED) is 0.698. The highest BCUT2D eigenvalue weighted by Gasteiger charge is 2.02. The van der Waals surface area contributed by atoms with Crippen LogP contribution in [0.25, 0.3) is 5.52 Å². The highest BCUT2D eigenvalue weighted by atomic mass is 16.5. The molecule has 2 rings (SSSR count). The maximum Gasteiger partial charge on any atom is 0.122 e. The molecule has 0 aliphatic rings. The third-order valence-corrected chi connectivity index (χ3v) is 2.19. The fourth-order valence-corrected chi connectivity index (χ4v) is 1.41. The van der Waals surface area contributed by atoms with Crippen molar-refractivity contribution in [2.75, 3.05) is 7.11 Å². The molecule has 0 saturated carbocycles. The lowest BCUT2D eigenvalue weighted by atomic mass is 10.2. The Balaban J connectivity index is 2.64. The van der Waals surface area contributed by atoms with E-state index in [0.717, 1.165) is 17.7 Å². The van der Waals surface area contributed by atoms with E-state index in [4.69, 9.17) is 4.74 Å². The molecule has 2 aromatic heterocycles. The third-order valence-electron chi connectivity index (χ3n) is 2.19. The summed E-state index contributed by atoms with van der Waals surface area (Å²) < 4.78 is 7.01. The number of rotatable bonds is 2. The highest BCUT2D eigenvalue weighted by Crippen LogP contribution is 2.17. The van der Waals surface area contributed by atoms with Crippen molar-refractivity contribution in [3.05, 3.63) is 30.1 Å². The summed E-state index contributed by atoms with van der Waals surface area (Å²) >= 11 is 0. The largest absolute Gasteiger partial charge is 0.497 e. The second kappa shape index (κ2) is 3.09. The number of hydrogen-bond donors (Lipinski definition) is 0. The van der Waals surface area contributed by atoms with Gasteiger partial charge in [0.05, 0.1) is 18.8 Å². The van der Waals surface area contributed by atoms with E-state index in [1.165, 1.54) is 5.56 Å². The first-order chi connectivity index (χ1) is 6.35. The minimum Gasteiger partial charge on any atom is -0.497 e. The van der Waals surface area contributed by atoms with E-state index in [1.807, 2.05) is 29.0 Å². The van der Waals surface area contributed by atoms with E-state index in [1.54, 1.807) is 7.11 Å². The number of aryl methyl sites for hydroxylation is 1. The molecule has 2 heterocycles. The number of ether oxygens (including phenoxy) is 1.